The van der Waals surface area contributed by atoms with Crippen LogP contribution in [0.3, 0.4) is 0 Å². The third-order valence-electron chi connectivity index (χ3n) is 7.88. The maximum absolute atomic E-state index is 12.4. The first kappa shape index (κ1) is 25.6. The Labute approximate surface area is 221 Å². The molecule has 2 saturated heterocycles. The lowest BCUT2D eigenvalue weighted by atomic mass is 9.88. The first-order valence-corrected chi connectivity index (χ1v) is 13.9. The number of hydrogen-bond acceptors (Lipinski definition) is 5. The second-order valence-electron chi connectivity index (χ2n) is 11.2. The monoisotopic (exact) mass is 503 g/mol. The number of piperidine rings is 1. The molecule has 3 aromatic rings. The molecule has 2 aliphatic heterocycles. The van der Waals surface area contributed by atoms with E-state index in [2.05, 4.69) is 85.2 Å². The van der Waals surface area contributed by atoms with Gasteiger partial charge in [0.05, 0.1) is 17.8 Å². The van der Waals surface area contributed by atoms with E-state index in [1.54, 1.807) is 0 Å². The van der Waals surface area contributed by atoms with E-state index in [1.807, 2.05) is 15.6 Å². The fraction of sp³-hybridized carbons (Fsp3) is 0.533. The number of piperazine rings is 1. The Hall–Kier alpha value is -3.06. The molecule has 1 amide bonds. The van der Waals surface area contributed by atoms with Crippen molar-refractivity contribution in [1.82, 2.24) is 19.4 Å². The molecule has 2 fully saturated rings. The number of anilines is 1. The molecule has 0 bridgehead atoms. The summed E-state index contributed by atoms with van der Waals surface area (Å²) in [5, 5.41) is 4.58. The molecule has 0 spiro atoms. The highest BCUT2D eigenvalue weighted by Gasteiger charge is 2.25. The maximum Gasteiger partial charge on any atom is 0.409 e. The summed E-state index contributed by atoms with van der Waals surface area (Å²) in [6.45, 7) is 14.4. The highest BCUT2D eigenvalue weighted by atomic mass is 16.6. The van der Waals surface area contributed by atoms with Crippen LogP contribution in [0.4, 0.5) is 10.5 Å². The van der Waals surface area contributed by atoms with E-state index in [0.29, 0.717) is 37.6 Å². The summed E-state index contributed by atoms with van der Waals surface area (Å²) in [6, 6.07) is 14.1. The number of aromatic nitrogens is 2. The number of carbonyl (C=O) groups is 1. The molecule has 0 aliphatic carbocycles. The smallest absolute Gasteiger partial charge is 0.409 e. The van der Waals surface area contributed by atoms with E-state index in [1.165, 1.54) is 42.6 Å². The van der Waals surface area contributed by atoms with E-state index in [-0.39, 0.29) is 6.09 Å². The summed E-state index contributed by atoms with van der Waals surface area (Å²) in [5.74, 6) is 1.00. The third-order valence-corrected chi connectivity index (χ3v) is 7.88. The normalized spacial score (nSPS) is 17.8. The number of carbonyl (C=O) groups excluding carboxylic acids is 1. The van der Waals surface area contributed by atoms with Crippen LogP contribution >= 0.6 is 0 Å². The number of likely N-dealkylation sites (tertiary alicyclic amines) is 1. The zero-order chi connectivity index (χ0) is 25.9. The number of rotatable bonds is 6. The van der Waals surface area contributed by atoms with E-state index in [4.69, 9.17) is 4.74 Å². The molecular weight excluding hydrogens is 462 g/mol. The number of amides is 1. The fourth-order valence-electron chi connectivity index (χ4n) is 5.58. The van der Waals surface area contributed by atoms with Gasteiger partial charge in [-0.25, -0.2) is 9.31 Å². The van der Waals surface area contributed by atoms with E-state index in [0.717, 1.165) is 24.3 Å². The highest BCUT2D eigenvalue weighted by Crippen LogP contribution is 2.32. The van der Waals surface area contributed by atoms with Gasteiger partial charge in [0, 0.05) is 50.2 Å². The van der Waals surface area contributed by atoms with Crippen LogP contribution in [0.5, 0.6) is 0 Å². The molecule has 0 N–H and O–H groups in total. The van der Waals surface area contributed by atoms with Gasteiger partial charge in [0.15, 0.2) is 0 Å². The van der Waals surface area contributed by atoms with Gasteiger partial charge in [-0.15, -0.1) is 0 Å². The summed E-state index contributed by atoms with van der Waals surface area (Å²) >= 11 is 0. The second-order valence-corrected chi connectivity index (χ2v) is 11.2. The Morgan fingerprint density at radius 2 is 1.65 bits per heavy atom. The fourth-order valence-corrected chi connectivity index (χ4v) is 5.58. The van der Waals surface area contributed by atoms with Gasteiger partial charge in [0.1, 0.15) is 0 Å². The molecule has 1 aromatic carbocycles. The summed E-state index contributed by atoms with van der Waals surface area (Å²) in [6.07, 6.45) is 6.26. The second kappa shape index (κ2) is 11.1. The van der Waals surface area contributed by atoms with Crippen molar-refractivity contribution in [1.29, 1.82) is 0 Å². The van der Waals surface area contributed by atoms with Crippen LogP contribution in [0.1, 0.15) is 52.0 Å². The quantitative estimate of drug-likeness (QED) is 0.444. The van der Waals surface area contributed by atoms with Gasteiger partial charge in [-0.05, 0) is 74.9 Å². The van der Waals surface area contributed by atoms with E-state index in [9.17, 15) is 4.79 Å². The average molecular weight is 504 g/mol. The van der Waals surface area contributed by atoms with Crippen molar-refractivity contribution in [3.8, 4) is 11.1 Å². The van der Waals surface area contributed by atoms with Crippen molar-refractivity contribution in [2.75, 3.05) is 50.8 Å². The highest BCUT2D eigenvalue weighted by molar-refractivity contribution is 5.80. The van der Waals surface area contributed by atoms with Crippen LogP contribution in [0.2, 0.25) is 0 Å². The van der Waals surface area contributed by atoms with Crippen LogP contribution in [0.15, 0.2) is 48.8 Å². The van der Waals surface area contributed by atoms with Gasteiger partial charge in [-0.2, -0.15) is 5.10 Å². The Bertz CT molecular complexity index is 1190. The van der Waals surface area contributed by atoms with Crippen LogP contribution in [-0.4, -0.2) is 77.4 Å². The van der Waals surface area contributed by atoms with E-state index < -0.39 is 0 Å². The van der Waals surface area contributed by atoms with Crippen LogP contribution in [0, 0.1) is 5.92 Å². The van der Waals surface area contributed by atoms with Gasteiger partial charge >= 0.3 is 6.09 Å². The van der Waals surface area contributed by atoms with Crippen molar-refractivity contribution in [2.45, 2.75) is 52.5 Å². The minimum Gasteiger partial charge on any atom is -0.449 e. The summed E-state index contributed by atoms with van der Waals surface area (Å²) < 4.78 is 7.40. The van der Waals surface area contributed by atoms with Gasteiger partial charge in [0.2, 0.25) is 0 Å². The number of hydrogen-bond donors (Lipinski definition) is 0. The van der Waals surface area contributed by atoms with Crippen molar-refractivity contribution in [3.63, 3.8) is 0 Å². The van der Waals surface area contributed by atoms with Crippen LogP contribution in [0.25, 0.3) is 16.6 Å². The van der Waals surface area contributed by atoms with E-state index >= 15 is 0 Å². The predicted molar refractivity (Wildman–Crippen MR) is 149 cm³/mol. The Balaban J connectivity index is 1.26. The molecule has 37 heavy (non-hydrogen) atoms. The molecule has 0 unspecified atom stereocenters. The molecule has 4 heterocycles. The lowest BCUT2D eigenvalue weighted by Crippen LogP contribution is -2.49. The van der Waals surface area contributed by atoms with Crippen molar-refractivity contribution in [2.24, 2.45) is 5.92 Å². The molecule has 7 heteroatoms. The lowest BCUT2D eigenvalue weighted by Gasteiger charge is -2.35. The van der Waals surface area contributed by atoms with Gasteiger partial charge in [-0.3, -0.25) is 0 Å². The maximum atomic E-state index is 12.4. The molecule has 0 saturated carbocycles. The molecule has 2 aromatic heterocycles. The number of fused-ring (bicyclic) bond motifs is 1. The van der Waals surface area contributed by atoms with Gasteiger partial charge in [0.25, 0.3) is 0 Å². The predicted octanol–water partition coefficient (Wildman–Crippen LogP) is 5.50. The summed E-state index contributed by atoms with van der Waals surface area (Å²) in [5.41, 5.74) is 6.11. The average Bonchev–Trinajstić information content (AvgIpc) is 3.36. The molecule has 0 atom stereocenters. The Morgan fingerprint density at radius 3 is 2.30 bits per heavy atom. The zero-order valence-corrected chi connectivity index (χ0v) is 22.8. The number of benzene rings is 1. The molecule has 198 valence electrons. The molecule has 5 rings (SSSR count). The zero-order valence-electron chi connectivity index (χ0n) is 22.8. The topological polar surface area (TPSA) is 53.3 Å². The van der Waals surface area contributed by atoms with Crippen LogP contribution < -0.4 is 4.90 Å². The molecular formula is C30H41N5O2. The Kier molecular flexibility index (Phi) is 7.70. The van der Waals surface area contributed by atoms with Gasteiger partial charge in [-0.1, -0.05) is 38.1 Å². The summed E-state index contributed by atoms with van der Waals surface area (Å²) in [4.78, 5) is 19.1. The first-order valence-electron chi connectivity index (χ1n) is 13.9. The van der Waals surface area contributed by atoms with Gasteiger partial charge < -0.3 is 19.4 Å². The van der Waals surface area contributed by atoms with Crippen LogP contribution in [-0.2, 0) is 4.74 Å². The molecule has 0 radical (unpaired) electrons. The minimum absolute atomic E-state index is 0.202. The SMILES string of the molecule is CC(C)COC(=O)N1CCN(c2ccnn3cc(-c4ccc(C5CCN(C(C)C)CC5)cc4)cc23)CC1. The Morgan fingerprint density at radius 1 is 0.946 bits per heavy atom. The van der Waals surface area contributed by atoms with Crippen molar-refractivity contribution in [3.05, 3.63) is 54.4 Å². The summed E-state index contributed by atoms with van der Waals surface area (Å²) in [7, 11) is 0. The first-order chi connectivity index (χ1) is 17.9. The number of ether oxygens (including phenoxy) is 1. The molecule has 7 nitrogen and oxygen atoms in total. The third kappa shape index (κ3) is 5.77. The number of nitrogens with zero attached hydrogens (tertiary/aromatic N) is 5. The standard InChI is InChI=1S/C30H41N5O2/c1-22(2)21-37-30(36)34-17-15-33(16-18-34)28-9-12-31-35-20-27(19-29(28)35)25-7-5-24(6-8-25)26-10-13-32(14-11-26)23(3)4/h5-9,12,19-20,22-23,26H,10-11,13-18,21H2,1-4H3. The van der Waals surface area contributed by atoms with Crippen molar-refractivity contribution < 1.29 is 9.53 Å². The lowest BCUT2D eigenvalue weighted by molar-refractivity contribution is 0.0902. The van der Waals surface area contributed by atoms with Crippen molar-refractivity contribution >= 4 is 17.3 Å². The minimum atomic E-state index is -0.202. The largest absolute Gasteiger partial charge is 0.449 e. The molecule has 2 aliphatic rings.